The maximum atomic E-state index is 14.8. The average molecular weight is 493 g/mol. The van der Waals surface area contributed by atoms with Gasteiger partial charge in [-0.25, -0.2) is 18.7 Å². The first-order valence-electron chi connectivity index (χ1n) is 10.3. The summed E-state index contributed by atoms with van der Waals surface area (Å²) in [5.74, 6) is -2.42. The van der Waals surface area contributed by atoms with Crippen LogP contribution in [0.15, 0.2) is 30.3 Å². The van der Waals surface area contributed by atoms with E-state index in [-0.39, 0.29) is 34.5 Å². The van der Waals surface area contributed by atoms with Crippen LogP contribution in [0.3, 0.4) is 0 Å². The number of benzene rings is 1. The molecular weight excluding hydrogens is 466 g/mol. The van der Waals surface area contributed by atoms with Crippen LogP contribution in [0.5, 0.6) is 0 Å². The van der Waals surface area contributed by atoms with Crippen LogP contribution in [0.4, 0.5) is 19.6 Å². The number of amides is 1. The molecule has 0 fully saturated rings. The molecule has 0 spiro atoms. The van der Waals surface area contributed by atoms with E-state index in [9.17, 15) is 23.8 Å². The molecule has 0 saturated carbocycles. The summed E-state index contributed by atoms with van der Waals surface area (Å²) in [7, 11) is 0. The van der Waals surface area contributed by atoms with Crippen molar-refractivity contribution in [2.45, 2.75) is 45.5 Å². The quantitative estimate of drug-likeness (QED) is 0.357. The number of nitrogens with zero attached hydrogens (tertiary/aromatic N) is 2. The fourth-order valence-electron chi connectivity index (χ4n) is 2.96. The first-order chi connectivity index (χ1) is 15.7. The molecule has 0 atom stereocenters. The molecule has 1 aromatic carbocycles. The van der Waals surface area contributed by atoms with Gasteiger partial charge in [0, 0.05) is 0 Å². The third-order valence-corrected chi connectivity index (χ3v) is 5.56. The number of hydrogen-bond donors (Lipinski definition) is 4. The van der Waals surface area contributed by atoms with E-state index in [1.165, 1.54) is 13.8 Å². The molecule has 0 radical (unpaired) electrons. The summed E-state index contributed by atoms with van der Waals surface area (Å²) >= 11 is 0.835. The van der Waals surface area contributed by atoms with Gasteiger partial charge in [-0.3, -0.25) is 4.79 Å². The summed E-state index contributed by atoms with van der Waals surface area (Å²) in [4.78, 5) is 20.4. The van der Waals surface area contributed by atoms with Gasteiger partial charge in [0.25, 0.3) is 5.91 Å². The van der Waals surface area contributed by atoms with E-state index < -0.39 is 34.3 Å². The molecule has 0 aliphatic rings. The Morgan fingerprint density at radius 1 is 1.15 bits per heavy atom. The van der Waals surface area contributed by atoms with Gasteiger partial charge in [-0.15, -0.1) is 0 Å². The molecule has 0 unspecified atom stereocenters. The SMILES string of the molecule is CC(C)(O)COCc1cccc(Nc2sc(-c3c(F)cc(C(C)(C)O)cc3F)nc2C(N)=O)n1. The number of pyridine rings is 1. The third-order valence-electron chi connectivity index (χ3n) is 4.58. The highest BCUT2D eigenvalue weighted by molar-refractivity contribution is 7.19. The molecule has 2 heterocycles. The molecule has 182 valence electrons. The van der Waals surface area contributed by atoms with Gasteiger partial charge in [-0.05, 0) is 57.5 Å². The molecule has 1 amide bonds. The number of ether oxygens (including phenoxy) is 1. The minimum Gasteiger partial charge on any atom is -0.388 e. The van der Waals surface area contributed by atoms with E-state index in [0.29, 0.717) is 11.5 Å². The molecule has 5 N–H and O–H groups in total. The van der Waals surface area contributed by atoms with Crippen molar-refractivity contribution in [1.29, 1.82) is 0 Å². The molecule has 0 aliphatic carbocycles. The Bertz CT molecular complexity index is 1180. The van der Waals surface area contributed by atoms with Crippen LogP contribution in [0, 0.1) is 11.6 Å². The van der Waals surface area contributed by atoms with Crippen molar-refractivity contribution < 1.29 is 28.5 Å². The standard InChI is InChI=1S/C23H26F2N4O4S/c1-22(2,31)11-33-10-13-6-5-7-16(27-13)28-21-18(19(26)30)29-20(34-21)17-14(24)8-12(9-15(17)25)23(3,4)32/h5-9,31-32H,10-11H2,1-4H3,(H2,26,30)(H,27,28). The zero-order valence-electron chi connectivity index (χ0n) is 19.1. The van der Waals surface area contributed by atoms with Crippen LogP contribution in [-0.2, 0) is 16.9 Å². The number of hydrogen-bond acceptors (Lipinski definition) is 8. The Morgan fingerprint density at radius 2 is 1.79 bits per heavy atom. The topological polar surface area (TPSA) is 131 Å². The Kier molecular flexibility index (Phi) is 7.32. The van der Waals surface area contributed by atoms with Crippen LogP contribution in [-0.4, -0.2) is 38.3 Å². The monoisotopic (exact) mass is 492 g/mol. The number of rotatable bonds is 9. The van der Waals surface area contributed by atoms with Crippen molar-refractivity contribution in [3.63, 3.8) is 0 Å². The number of primary amides is 1. The predicted octanol–water partition coefficient (Wildman–Crippen LogP) is 3.84. The van der Waals surface area contributed by atoms with Crippen LogP contribution in [0.1, 0.15) is 49.4 Å². The largest absolute Gasteiger partial charge is 0.388 e. The van der Waals surface area contributed by atoms with Crippen LogP contribution < -0.4 is 11.1 Å². The highest BCUT2D eigenvalue weighted by Gasteiger charge is 2.25. The fourth-order valence-corrected chi connectivity index (χ4v) is 3.99. The average Bonchev–Trinajstić information content (AvgIpc) is 3.09. The molecule has 0 bridgehead atoms. The second-order valence-electron chi connectivity index (χ2n) is 8.88. The molecule has 3 aromatic rings. The maximum absolute atomic E-state index is 14.8. The van der Waals surface area contributed by atoms with Crippen LogP contribution >= 0.6 is 11.3 Å². The lowest BCUT2D eigenvalue weighted by Crippen LogP contribution is -2.25. The van der Waals surface area contributed by atoms with Gasteiger partial charge in [0.05, 0.1) is 35.7 Å². The number of nitrogens with one attached hydrogen (secondary N) is 1. The number of thiazole rings is 1. The van der Waals surface area contributed by atoms with Gasteiger partial charge in [-0.1, -0.05) is 17.4 Å². The second kappa shape index (κ2) is 9.71. The molecule has 2 aromatic heterocycles. The van der Waals surface area contributed by atoms with Crippen molar-refractivity contribution in [3.8, 4) is 10.6 Å². The van der Waals surface area contributed by atoms with Gasteiger partial charge >= 0.3 is 0 Å². The van der Waals surface area contributed by atoms with Gasteiger partial charge in [0.1, 0.15) is 27.5 Å². The zero-order chi connectivity index (χ0) is 25.3. The minimum atomic E-state index is -1.44. The zero-order valence-corrected chi connectivity index (χ0v) is 20.0. The van der Waals surface area contributed by atoms with Crippen molar-refractivity contribution in [1.82, 2.24) is 9.97 Å². The lowest BCUT2D eigenvalue weighted by atomic mass is 9.96. The molecule has 8 nitrogen and oxygen atoms in total. The third kappa shape index (κ3) is 6.32. The van der Waals surface area contributed by atoms with Gasteiger partial charge in [-0.2, -0.15) is 0 Å². The van der Waals surface area contributed by atoms with E-state index in [2.05, 4.69) is 15.3 Å². The highest BCUT2D eigenvalue weighted by Crippen LogP contribution is 2.37. The summed E-state index contributed by atoms with van der Waals surface area (Å²) in [5.41, 5.74) is 2.99. The van der Waals surface area contributed by atoms with E-state index >= 15 is 0 Å². The van der Waals surface area contributed by atoms with E-state index in [4.69, 9.17) is 10.5 Å². The lowest BCUT2D eigenvalue weighted by molar-refractivity contribution is -0.0276. The number of nitrogens with two attached hydrogens (primary N) is 1. The lowest BCUT2D eigenvalue weighted by Gasteiger charge is -2.18. The number of anilines is 2. The summed E-state index contributed by atoms with van der Waals surface area (Å²) in [6.45, 7) is 6.31. The van der Waals surface area contributed by atoms with Gasteiger partial charge in [0.2, 0.25) is 0 Å². The summed E-state index contributed by atoms with van der Waals surface area (Å²) < 4.78 is 35.0. The molecule has 0 aliphatic heterocycles. The van der Waals surface area contributed by atoms with Crippen molar-refractivity contribution in [3.05, 3.63) is 58.9 Å². The number of aromatic nitrogens is 2. The maximum Gasteiger partial charge on any atom is 0.270 e. The molecule has 11 heteroatoms. The number of carbonyl (C=O) groups excluding carboxylic acids is 1. The van der Waals surface area contributed by atoms with Crippen molar-refractivity contribution in [2.75, 3.05) is 11.9 Å². The van der Waals surface area contributed by atoms with Crippen LogP contribution in [0.25, 0.3) is 10.6 Å². The minimum absolute atomic E-state index is 0.0594. The van der Waals surface area contributed by atoms with Crippen LogP contribution in [0.2, 0.25) is 0 Å². The molecular formula is C23H26F2N4O4S. The van der Waals surface area contributed by atoms with Gasteiger partial charge in [0.15, 0.2) is 5.69 Å². The summed E-state index contributed by atoms with van der Waals surface area (Å²) in [6.07, 6.45) is 0. The predicted molar refractivity (Wildman–Crippen MR) is 125 cm³/mol. The Morgan fingerprint density at radius 3 is 2.35 bits per heavy atom. The summed E-state index contributed by atoms with van der Waals surface area (Å²) in [5, 5.41) is 22.8. The van der Waals surface area contributed by atoms with E-state index in [1.54, 1.807) is 32.0 Å². The van der Waals surface area contributed by atoms with Crippen molar-refractivity contribution >= 4 is 28.1 Å². The highest BCUT2D eigenvalue weighted by atomic mass is 32.1. The molecule has 3 rings (SSSR count). The Hall–Kier alpha value is -2.99. The Labute approximate surface area is 199 Å². The van der Waals surface area contributed by atoms with E-state index in [0.717, 1.165) is 23.5 Å². The first-order valence-corrected chi connectivity index (χ1v) is 11.1. The van der Waals surface area contributed by atoms with Crippen molar-refractivity contribution in [2.24, 2.45) is 5.73 Å². The fraction of sp³-hybridized carbons (Fsp3) is 0.348. The molecule has 34 heavy (non-hydrogen) atoms. The normalized spacial score (nSPS) is 12.1. The first kappa shape index (κ1) is 25.6. The van der Waals surface area contributed by atoms with E-state index in [1.807, 2.05) is 0 Å². The second-order valence-corrected chi connectivity index (χ2v) is 9.88. The number of halogens is 2. The number of aliphatic hydroxyl groups is 2. The van der Waals surface area contributed by atoms with Gasteiger partial charge < -0.3 is 26.0 Å². The number of carbonyl (C=O) groups is 1. The Balaban J connectivity index is 1.90. The molecule has 0 saturated heterocycles. The smallest absolute Gasteiger partial charge is 0.270 e. The summed E-state index contributed by atoms with van der Waals surface area (Å²) in [6, 6.07) is 7.10.